The number of carboxylic acids is 1. The largest absolute Gasteiger partial charge is 0.478 e. The van der Waals surface area contributed by atoms with Gasteiger partial charge in [0, 0.05) is 30.4 Å². The van der Waals surface area contributed by atoms with E-state index in [9.17, 15) is 9.90 Å². The van der Waals surface area contributed by atoms with Crippen molar-refractivity contribution in [3.05, 3.63) is 52.7 Å². The maximum Gasteiger partial charge on any atom is 0.335 e. The summed E-state index contributed by atoms with van der Waals surface area (Å²) in [5.74, 6) is -0.599. The number of carboxylic acid groups (broad SMARTS) is 1. The number of nitrogens with zero attached hydrogens (tertiary/aromatic N) is 2. The summed E-state index contributed by atoms with van der Waals surface area (Å²) in [5.41, 5.74) is 1.57. The molecule has 1 aliphatic heterocycles. The molecule has 0 saturated carbocycles. The molecule has 126 valence electrons. The third kappa shape index (κ3) is 3.44. The number of aliphatic hydroxyl groups is 1. The normalized spacial score (nSPS) is 17.1. The predicted molar refractivity (Wildman–Crippen MR) is 89.8 cm³/mol. The molecule has 0 amide bonds. The van der Waals surface area contributed by atoms with Crippen molar-refractivity contribution in [2.45, 2.75) is 19.1 Å². The van der Waals surface area contributed by atoms with E-state index >= 15 is 0 Å². The summed E-state index contributed by atoms with van der Waals surface area (Å²) in [4.78, 5) is 17.2. The lowest BCUT2D eigenvalue weighted by Crippen LogP contribution is -2.25. The smallest absolute Gasteiger partial charge is 0.335 e. The van der Waals surface area contributed by atoms with Crippen molar-refractivity contribution in [1.29, 1.82) is 0 Å². The minimum atomic E-state index is -1.01. The van der Waals surface area contributed by atoms with Gasteiger partial charge in [-0.05, 0) is 30.3 Å². The van der Waals surface area contributed by atoms with Crippen molar-refractivity contribution >= 4 is 23.3 Å². The van der Waals surface area contributed by atoms with Gasteiger partial charge in [0.05, 0.1) is 18.7 Å². The number of anilines is 1. The predicted octanol–water partition coefficient (Wildman–Crippen LogP) is 2.58. The van der Waals surface area contributed by atoms with E-state index in [2.05, 4.69) is 9.88 Å². The van der Waals surface area contributed by atoms with Crippen molar-refractivity contribution in [3.8, 4) is 5.88 Å². The molecule has 1 saturated heterocycles. The minimum Gasteiger partial charge on any atom is -0.478 e. The number of ether oxygens (including phenoxy) is 1. The molecule has 1 aliphatic rings. The maximum absolute atomic E-state index is 11.1. The van der Waals surface area contributed by atoms with Crippen LogP contribution in [0.2, 0.25) is 5.02 Å². The van der Waals surface area contributed by atoms with Crippen LogP contribution in [0.1, 0.15) is 22.3 Å². The van der Waals surface area contributed by atoms with Crippen LogP contribution >= 0.6 is 11.6 Å². The summed E-state index contributed by atoms with van der Waals surface area (Å²) in [6.07, 6.45) is 2.35. The van der Waals surface area contributed by atoms with Crippen LogP contribution in [0, 0.1) is 0 Å². The molecule has 0 bridgehead atoms. The number of rotatable bonds is 5. The SMILES string of the molecule is O=C(O)c1ccc(N2CCC(Oc3ncccc3Cl)C2)c(CO)c1. The summed E-state index contributed by atoms with van der Waals surface area (Å²) in [6.45, 7) is 1.14. The summed E-state index contributed by atoms with van der Waals surface area (Å²) < 4.78 is 5.85. The topological polar surface area (TPSA) is 82.9 Å². The Kier molecular flexibility index (Phi) is 4.87. The van der Waals surface area contributed by atoms with Gasteiger partial charge in [-0.15, -0.1) is 0 Å². The zero-order valence-electron chi connectivity index (χ0n) is 12.9. The van der Waals surface area contributed by atoms with Crippen LogP contribution in [-0.4, -0.2) is 40.4 Å². The molecule has 7 heteroatoms. The fraction of sp³-hybridized carbons (Fsp3) is 0.294. The summed E-state index contributed by atoms with van der Waals surface area (Å²) in [7, 11) is 0. The number of pyridine rings is 1. The van der Waals surface area contributed by atoms with Crippen LogP contribution < -0.4 is 9.64 Å². The number of aliphatic hydroxyl groups excluding tert-OH is 1. The van der Waals surface area contributed by atoms with Gasteiger partial charge < -0.3 is 19.8 Å². The Labute approximate surface area is 144 Å². The summed E-state index contributed by atoms with van der Waals surface area (Å²) >= 11 is 6.06. The quantitative estimate of drug-likeness (QED) is 0.864. The minimum absolute atomic E-state index is 0.0666. The molecular weight excluding hydrogens is 332 g/mol. The lowest BCUT2D eigenvalue weighted by atomic mass is 10.1. The van der Waals surface area contributed by atoms with Crippen LogP contribution in [0.15, 0.2) is 36.5 Å². The van der Waals surface area contributed by atoms with Gasteiger partial charge in [-0.2, -0.15) is 0 Å². The first-order valence-corrected chi connectivity index (χ1v) is 7.95. The van der Waals surface area contributed by atoms with E-state index in [0.717, 1.165) is 18.7 Å². The molecule has 3 rings (SSSR count). The molecule has 0 spiro atoms. The molecule has 2 aromatic rings. The van der Waals surface area contributed by atoms with Crippen LogP contribution in [0.3, 0.4) is 0 Å². The van der Waals surface area contributed by atoms with E-state index in [-0.39, 0.29) is 18.3 Å². The van der Waals surface area contributed by atoms with E-state index in [1.165, 1.54) is 6.07 Å². The Morgan fingerprint density at radius 1 is 1.42 bits per heavy atom. The molecule has 0 aliphatic carbocycles. The van der Waals surface area contributed by atoms with Gasteiger partial charge in [-0.1, -0.05) is 11.6 Å². The second-order valence-electron chi connectivity index (χ2n) is 5.57. The second kappa shape index (κ2) is 7.07. The van der Waals surface area contributed by atoms with E-state index in [0.29, 0.717) is 23.0 Å². The Hall–Kier alpha value is -2.31. The second-order valence-corrected chi connectivity index (χ2v) is 5.98. The van der Waals surface area contributed by atoms with Gasteiger partial charge in [-0.25, -0.2) is 9.78 Å². The zero-order valence-corrected chi connectivity index (χ0v) is 13.6. The molecule has 2 heterocycles. The van der Waals surface area contributed by atoms with Crippen LogP contribution in [0.4, 0.5) is 5.69 Å². The zero-order chi connectivity index (χ0) is 17.1. The fourth-order valence-electron chi connectivity index (χ4n) is 2.81. The molecule has 1 aromatic heterocycles. The molecular formula is C17H17ClN2O4. The third-order valence-electron chi connectivity index (χ3n) is 3.99. The Balaban J connectivity index is 1.74. The van der Waals surface area contributed by atoms with Gasteiger partial charge >= 0.3 is 5.97 Å². The van der Waals surface area contributed by atoms with Gasteiger partial charge in [0.15, 0.2) is 0 Å². The van der Waals surface area contributed by atoms with Crippen LogP contribution in [-0.2, 0) is 6.61 Å². The van der Waals surface area contributed by atoms with Crippen molar-refractivity contribution in [2.24, 2.45) is 0 Å². The molecule has 0 radical (unpaired) electrons. The Morgan fingerprint density at radius 2 is 2.25 bits per heavy atom. The molecule has 24 heavy (non-hydrogen) atoms. The first kappa shape index (κ1) is 16.5. The van der Waals surface area contributed by atoms with Crippen molar-refractivity contribution in [2.75, 3.05) is 18.0 Å². The van der Waals surface area contributed by atoms with Crippen LogP contribution in [0.5, 0.6) is 5.88 Å². The van der Waals surface area contributed by atoms with Gasteiger partial charge in [0.2, 0.25) is 5.88 Å². The van der Waals surface area contributed by atoms with Gasteiger partial charge in [0.1, 0.15) is 11.1 Å². The fourth-order valence-corrected chi connectivity index (χ4v) is 2.98. The van der Waals surface area contributed by atoms with Crippen LogP contribution in [0.25, 0.3) is 0 Å². The number of aromatic carboxylic acids is 1. The number of halogens is 1. The lowest BCUT2D eigenvalue weighted by Gasteiger charge is -2.22. The highest BCUT2D eigenvalue weighted by Gasteiger charge is 2.26. The standard InChI is InChI=1S/C17H17ClN2O4/c18-14-2-1-6-19-16(14)24-13-5-7-20(9-13)15-4-3-11(17(22)23)8-12(15)10-21/h1-4,6,8,13,21H,5,7,9-10H2,(H,22,23). The van der Waals surface area contributed by atoms with Gasteiger partial charge in [-0.3, -0.25) is 0 Å². The first-order chi connectivity index (χ1) is 11.6. The lowest BCUT2D eigenvalue weighted by molar-refractivity contribution is 0.0696. The van der Waals surface area contributed by atoms with E-state index in [1.807, 2.05) is 0 Å². The summed E-state index contributed by atoms with van der Waals surface area (Å²) in [5, 5.41) is 19.1. The number of benzene rings is 1. The van der Waals surface area contributed by atoms with Crippen molar-refractivity contribution in [1.82, 2.24) is 4.98 Å². The van der Waals surface area contributed by atoms with Gasteiger partial charge in [0.25, 0.3) is 0 Å². The Morgan fingerprint density at radius 3 is 2.96 bits per heavy atom. The first-order valence-electron chi connectivity index (χ1n) is 7.57. The third-order valence-corrected chi connectivity index (χ3v) is 4.27. The summed E-state index contributed by atoms with van der Waals surface area (Å²) in [6, 6.07) is 8.24. The van der Waals surface area contributed by atoms with Crippen molar-refractivity contribution in [3.63, 3.8) is 0 Å². The molecule has 6 nitrogen and oxygen atoms in total. The Bertz CT molecular complexity index is 753. The molecule has 1 aromatic carbocycles. The highest BCUT2D eigenvalue weighted by Crippen LogP contribution is 2.29. The number of aromatic nitrogens is 1. The number of carbonyl (C=O) groups is 1. The average Bonchev–Trinajstić information content (AvgIpc) is 3.04. The monoisotopic (exact) mass is 348 g/mol. The van der Waals surface area contributed by atoms with E-state index < -0.39 is 5.97 Å². The maximum atomic E-state index is 11.1. The molecule has 1 atom stereocenters. The van der Waals surface area contributed by atoms with E-state index in [1.54, 1.807) is 30.5 Å². The molecule has 1 unspecified atom stereocenters. The molecule has 2 N–H and O–H groups in total. The highest BCUT2D eigenvalue weighted by atomic mass is 35.5. The highest BCUT2D eigenvalue weighted by molar-refractivity contribution is 6.31. The number of hydrogen-bond acceptors (Lipinski definition) is 5. The number of hydrogen-bond donors (Lipinski definition) is 2. The average molecular weight is 349 g/mol. The molecule has 1 fully saturated rings. The van der Waals surface area contributed by atoms with Crippen molar-refractivity contribution < 1.29 is 19.7 Å². The van der Waals surface area contributed by atoms with E-state index in [4.69, 9.17) is 21.4 Å².